The number of rotatable bonds is 7. The van der Waals surface area contributed by atoms with Gasteiger partial charge in [0.15, 0.2) is 17.5 Å². The van der Waals surface area contributed by atoms with Crippen molar-refractivity contribution >= 4 is 45.4 Å². The van der Waals surface area contributed by atoms with E-state index in [1.807, 2.05) is 24.3 Å². The first-order valence-corrected chi connectivity index (χ1v) is 11.0. The van der Waals surface area contributed by atoms with Gasteiger partial charge in [0.05, 0.1) is 22.3 Å². The van der Waals surface area contributed by atoms with E-state index in [4.69, 9.17) is 11.6 Å². The van der Waals surface area contributed by atoms with Crippen molar-refractivity contribution in [2.24, 2.45) is 0 Å². The molecule has 5 aromatic rings. The van der Waals surface area contributed by atoms with E-state index < -0.39 is 11.9 Å². The fourth-order valence-electron chi connectivity index (χ4n) is 3.61. The van der Waals surface area contributed by atoms with Gasteiger partial charge in [0.25, 0.3) is 0 Å². The van der Waals surface area contributed by atoms with Crippen molar-refractivity contribution in [1.82, 2.24) is 35.2 Å². The molecule has 5 rings (SSSR count). The maximum Gasteiger partial charge on any atom is 0.242 e. The van der Waals surface area contributed by atoms with Crippen LogP contribution in [0.25, 0.3) is 33.5 Å². The number of anilines is 1. The molecule has 1 atom stereocenters. The summed E-state index contributed by atoms with van der Waals surface area (Å²) in [6, 6.07) is 8.72. The molecule has 0 unspecified atom stereocenters. The van der Waals surface area contributed by atoms with Crippen molar-refractivity contribution in [3.05, 3.63) is 65.6 Å². The second-order valence-electron chi connectivity index (χ2n) is 7.75. The van der Waals surface area contributed by atoms with Gasteiger partial charge in [-0.1, -0.05) is 23.7 Å². The number of para-hydroxylation sites is 2. The number of fused-ring (bicyclic) bond motifs is 2. The Morgan fingerprint density at radius 2 is 2.06 bits per heavy atom. The normalized spacial score (nSPS) is 12.2. The molecule has 9 nitrogen and oxygen atoms in total. The molecule has 1 aromatic carbocycles. The Labute approximate surface area is 198 Å². The van der Waals surface area contributed by atoms with Crippen LogP contribution in [0.15, 0.2) is 48.9 Å². The molecular formula is C23H20ClFN8O. The molecule has 4 aromatic heterocycles. The topological polar surface area (TPSA) is 124 Å². The van der Waals surface area contributed by atoms with Crippen LogP contribution in [-0.2, 0) is 11.2 Å². The maximum absolute atomic E-state index is 14.4. The quantitative estimate of drug-likeness (QED) is 0.281. The summed E-state index contributed by atoms with van der Waals surface area (Å²) in [6.45, 7) is 2.01. The van der Waals surface area contributed by atoms with Gasteiger partial charge in [-0.2, -0.15) is 0 Å². The van der Waals surface area contributed by atoms with Crippen molar-refractivity contribution < 1.29 is 9.18 Å². The molecule has 0 spiro atoms. The number of H-pyrrole nitrogens is 2. The second kappa shape index (κ2) is 9.06. The highest BCUT2D eigenvalue weighted by Gasteiger charge is 2.18. The lowest BCUT2D eigenvalue weighted by atomic mass is 10.2. The number of nitrogens with one attached hydrogen (secondary N) is 4. The molecule has 11 heteroatoms. The van der Waals surface area contributed by atoms with Gasteiger partial charge in [0.1, 0.15) is 17.5 Å². The van der Waals surface area contributed by atoms with Gasteiger partial charge in [-0.3, -0.25) is 4.79 Å². The number of amides is 1. The number of nitrogens with zero attached hydrogens (tertiary/aromatic N) is 4. The molecule has 0 radical (unpaired) electrons. The highest BCUT2D eigenvalue weighted by Crippen LogP contribution is 2.28. The molecule has 4 N–H and O–H groups in total. The summed E-state index contributed by atoms with van der Waals surface area (Å²) in [6.07, 6.45) is 4.81. The molecule has 0 bridgehead atoms. The van der Waals surface area contributed by atoms with Crippen LogP contribution in [0.4, 0.5) is 10.2 Å². The monoisotopic (exact) mass is 478 g/mol. The predicted octanol–water partition coefficient (Wildman–Crippen LogP) is 3.85. The lowest BCUT2D eigenvalue weighted by Gasteiger charge is -2.15. The number of benzene rings is 1. The van der Waals surface area contributed by atoms with Gasteiger partial charge in [0.2, 0.25) is 5.91 Å². The Hall–Kier alpha value is -4.05. The van der Waals surface area contributed by atoms with E-state index in [9.17, 15) is 9.18 Å². The van der Waals surface area contributed by atoms with E-state index in [2.05, 4.69) is 40.5 Å². The number of halogens is 2. The zero-order chi connectivity index (χ0) is 23.7. The molecule has 0 fully saturated rings. The number of hydrogen-bond acceptors (Lipinski definition) is 6. The molecule has 0 saturated carbocycles. The number of aromatic nitrogens is 6. The van der Waals surface area contributed by atoms with Gasteiger partial charge in [0, 0.05) is 36.3 Å². The van der Waals surface area contributed by atoms with Gasteiger partial charge in [-0.15, -0.1) is 0 Å². The lowest BCUT2D eigenvalue weighted by molar-refractivity contribution is -0.121. The van der Waals surface area contributed by atoms with Crippen molar-refractivity contribution in [3.63, 3.8) is 0 Å². The molecule has 0 aliphatic rings. The second-order valence-corrected chi connectivity index (χ2v) is 8.19. The van der Waals surface area contributed by atoms with E-state index in [0.29, 0.717) is 34.6 Å². The zero-order valence-electron chi connectivity index (χ0n) is 18.1. The largest absolute Gasteiger partial charge is 0.356 e. The molecule has 0 aliphatic heterocycles. The third-order valence-corrected chi connectivity index (χ3v) is 5.54. The lowest BCUT2D eigenvalue weighted by Crippen LogP contribution is -2.39. The van der Waals surface area contributed by atoms with Crippen molar-refractivity contribution in [3.8, 4) is 11.4 Å². The Balaban J connectivity index is 1.25. The number of carbonyl (C=O) groups is 1. The molecule has 0 saturated heterocycles. The third kappa shape index (κ3) is 4.40. The molecule has 172 valence electrons. The fourth-order valence-corrected chi connectivity index (χ4v) is 3.77. The van der Waals surface area contributed by atoms with Crippen LogP contribution in [0.5, 0.6) is 0 Å². The van der Waals surface area contributed by atoms with Crippen LogP contribution in [0.1, 0.15) is 12.7 Å². The predicted molar refractivity (Wildman–Crippen MR) is 128 cm³/mol. The SMILES string of the molecule is C[C@H](Nc1nc(-c2c[nH]c3ncc(Cl)cc23)ncc1F)C(=O)NCCc1nc2ccccc2[nH]1. The van der Waals surface area contributed by atoms with Crippen molar-refractivity contribution in [2.45, 2.75) is 19.4 Å². The molecule has 4 heterocycles. The standard InChI is InChI=1S/C23H20ClFN8O/c1-12(23(34)26-7-6-19-31-17-4-2-3-5-18(17)32-19)30-22-16(25)11-29-21(33-22)15-10-28-20-14(15)8-13(24)9-27-20/h2-5,8-12H,6-7H2,1H3,(H,26,34)(H,27,28)(H,31,32)(H,29,30,33)/t12-/m0/s1. The Morgan fingerprint density at radius 3 is 2.91 bits per heavy atom. The smallest absolute Gasteiger partial charge is 0.242 e. The van der Waals surface area contributed by atoms with Gasteiger partial charge in [-0.05, 0) is 25.1 Å². The maximum atomic E-state index is 14.4. The minimum atomic E-state index is -0.730. The molecule has 34 heavy (non-hydrogen) atoms. The summed E-state index contributed by atoms with van der Waals surface area (Å²) in [4.78, 5) is 35.9. The Morgan fingerprint density at radius 1 is 1.21 bits per heavy atom. The Bertz CT molecular complexity index is 1460. The van der Waals surface area contributed by atoms with Crippen LogP contribution < -0.4 is 10.6 Å². The summed E-state index contributed by atoms with van der Waals surface area (Å²) >= 11 is 6.06. The van der Waals surface area contributed by atoms with Crippen LogP contribution in [0, 0.1) is 5.82 Å². The van der Waals surface area contributed by atoms with Gasteiger partial charge >= 0.3 is 0 Å². The summed E-state index contributed by atoms with van der Waals surface area (Å²) in [5.74, 6) is 0.0216. The van der Waals surface area contributed by atoms with Crippen LogP contribution in [0.3, 0.4) is 0 Å². The van der Waals surface area contributed by atoms with Crippen molar-refractivity contribution in [1.29, 1.82) is 0 Å². The van der Waals surface area contributed by atoms with E-state index in [-0.39, 0.29) is 17.5 Å². The average molecular weight is 479 g/mol. The number of pyridine rings is 1. The fraction of sp³-hybridized carbons (Fsp3) is 0.174. The first-order chi connectivity index (χ1) is 16.5. The summed E-state index contributed by atoms with van der Waals surface area (Å²) in [7, 11) is 0. The van der Waals surface area contributed by atoms with E-state index in [1.54, 1.807) is 19.2 Å². The van der Waals surface area contributed by atoms with E-state index in [0.717, 1.165) is 23.1 Å². The average Bonchev–Trinajstić information content (AvgIpc) is 3.43. The van der Waals surface area contributed by atoms with E-state index in [1.165, 1.54) is 6.20 Å². The Kier molecular flexibility index (Phi) is 5.81. The molecule has 0 aliphatic carbocycles. The van der Waals surface area contributed by atoms with E-state index >= 15 is 0 Å². The summed E-state index contributed by atoms with van der Waals surface area (Å²) in [5.41, 5.74) is 3.05. The van der Waals surface area contributed by atoms with Crippen LogP contribution in [-0.4, -0.2) is 48.4 Å². The number of hydrogen-bond donors (Lipinski definition) is 4. The summed E-state index contributed by atoms with van der Waals surface area (Å²) in [5, 5.41) is 6.83. The highest BCUT2D eigenvalue weighted by molar-refractivity contribution is 6.31. The van der Waals surface area contributed by atoms with Crippen molar-refractivity contribution in [2.75, 3.05) is 11.9 Å². The highest BCUT2D eigenvalue weighted by atomic mass is 35.5. The number of imidazole rings is 1. The molecule has 1 amide bonds. The first-order valence-electron chi connectivity index (χ1n) is 10.6. The minimum Gasteiger partial charge on any atom is -0.356 e. The third-order valence-electron chi connectivity index (χ3n) is 5.33. The minimum absolute atomic E-state index is 0.0747. The summed E-state index contributed by atoms with van der Waals surface area (Å²) < 4.78 is 14.4. The van der Waals surface area contributed by atoms with Crippen LogP contribution in [0.2, 0.25) is 5.02 Å². The number of carbonyl (C=O) groups excluding carboxylic acids is 1. The zero-order valence-corrected chi connectivity index (χ0v) is 18.8. The van der Waals surface area contributed by atoms with Gasteiger partial charge in [-0.25, -0.2) is 24.3 Å². The van der Waals surface area contributed by atoms with Crippen LogP contribution >= 0.6 is 11.6 Å². The molecular weight excluding hydrogens is 459 g/mol. The van der Waals surface area contributed by atoms with Gasteiger partial charge < -0.3 is 20.6 Å². The first kappa shape index (κ1) is 21.8. The number of aromatic amines is 2.